The third kappa shape index (κ3) is 1.56. The lowest BCUT2D eigenvalue weighted by Crippen LogP contribution is -2.40. The molecule has 4 aliphatic carbocycles. The Morgan fingerprint density at radius 1 is 1.14 bits per heavy atom. The Labute approximate surface area is 135 Å². The summed E-state index contributed by atoms with van der Waals surface area (Å²) in [6, 6.07) is 3.47. The predicted molar refractivity (Wildman–Crippen MR) is 80.6 cm³/mol. The predicted octanol–water partition coefficient (Wildman–Crippen LogP) is 2.43. The summed E-state index contributed by atoms with van der Waals surface area (Å²) in [7, 11) is 0. The van der Waals surface area contributed by atoms with E-state index in [9.17, 15) is 9.59 Å². The normalized spacial score (nSPS) is 41.4. The van der Waals surface area contributed by atoms with Crippen molar-refractivity contribution in [3.05, 3.63) is 34.7 Å². The monoisotopic (exact) mass is 360 g/mol. The molecule has 1 aliphatic heterocycles. The first-order valence-corrected chi connectivity index (χ1v) is 8.30. The van der Waals surface area contributed by atoms with Crippen LogP contribution in [0.5, 0.6) is 0 Å². The highest BCUT2D eigenvalue weighted by Gasteiger charge is 2.67. The molecule has 5 aliphatic rings. The van der Waals surface area contributed by atoms with Gasteiger partial charge in [-0.1, -0.05) is 12.2 Å². The molecule has 6 rings (SSSR count). The summed E-state index contributed by atoms with van der Waals surface area (Å²) in [5.74, 6) is 1.48. The van der Waals surface area contributed by atoms with Crippen molar-refractivity contribution < 1.29 is 14.0 Å². The Kier molecular flexibility index (Phi) is 2.44. The van der Waals surface area contributed by atoms with E-state index in [0.717, 1.165) is 5.01 Å². The largest absolute Gasteiger partial charge is 0.448 e. The van der Waals surface area contributed by atoms with Gasteiger partial charge in [0.15, 0.2) is 4.67 Å². The Balaban J connectivity index is 1.46. The molecule has 6 unspecified atom stereocenters. The molecule has 5 nitrogen and oxygen atoms in total. The van der Waals surface area contributed by atoms with Crippen LogP contribution in [0.2, 0.25) is 0 Å². The van der Waals surface area contributed by atoms with Crippen LogP contribution < -0.4 is 0 Å². The zero-order valence-electron chi connectivity index (χ0n) is 11.6. The first-order chi connectivity index (χ1) is 10.6. The zero-order valence-corrected chi connectivity index (χ0v) is 13.1. The number of rotatable bonds is 2. The number of amides is 2. The summed E-state index contributed by atoms with van der Waals surface area (Å²) in [5, 5.41) is 5.16. The van der Waals surface area contributed by atoms with E-state index >= 15 is 0 Å². The van der Waals surface area contributed by atoms with Crippen molar-refractivity contribution in [1.82, 2.24) is 5.01 Å². The van der Waals surface area contributed by atoms with Crippen molar-refractivity contribution in [3.63, 3.8) is 0 Å². The Morgan fingerprint density at radius 3 is 2.32 bits per heavy atom. The van der Waals surface area contributed by atoms with Crippen LogP contribution in [0, 0.1) is 35.5 Å². The Bertz CT molecular complexity index is 716. The molecule has 0 N–H and O–H groups in total. The van der Waals surface area contributed by atoms with Crippen molar-refractivity contribution in [2.45, 2.75) is 6.42 Å². The number of halogens is 1. The van der Waals surface area contributed by atoms with Gasteiger partial charge >= 0.3 is 0 Å². The lowest BCUT2D eigenvalue weighted by atomic mass is 9.63. The lowest BCUT2D eigenvalue weighted by Gasteiger charge is -2.37. The molecule has 6 atom stereocenters. The van der Waals surface area contributed by atoms with Crippen LogP contribution in [0.25, 0.3) is 0 Å². The number of carbonyl (C=O) groups is 2. The topological polar surface area (TPSA) is 62.9 Å². The van der Waals surface area contributed by atoms with Crippen molar-refractivity contribution in [2.75, 3.05) is 0 Å². The number of hydrazone groups is 1. The van der Waals surface area contributed by atoms with Gasteiger partial charge in [0, 0.05) is 0 Å². The molecule has 0 aromatic carbocycles. The van der Waals surface area contributed by atoms with E-state index in [4.69, 9.17) is 4.42 Å². The molecule has 3 fully saturated rings. The quantitative estimate of drug-likeness (QED) is 0.462. The van der Waals surface area contributed by atoms with Crippen molar-refractivity contribution in [3.8, 4) is 0 Å². The minimum Gasteiger partial charge on any atom is -0.448 e. The van der Waals surface area contributed by atoms with Crippen LogP contribution in [0.15, 0.2) is 38.5 Å². The second kappa shape index (κ2) is 4.19. The molecular weight excluding hydrogens is 348 g/mol. The molecule has 1 aromatic rings. The highest BCUT2D eigenvalue weighted by molar-refractivity contribution is 9.10. The molecule has 1 aromatic heterocycles. The third-order valence-electron chi connectivity index (χ3n) is 5.53. The maximum atomic E-state index is 12.6. The minimum atomic E-state index is -0.202. The van der Waals surface area contributed by atoms with Crippen LogP contribution in [0.3, 0.4) is 0 Å². The second-order valence-electron chi connectivity index (χ2n) is 6.53. The smallest absolute Gasteiger partial charge is 0.254 e. The second-order valence-corrected chi connectivity index (χ2v) is 7.31. The molecule has 1 saturated heterocycles. The molecule has 2 amide bonds. The van der Waals surface area contributed by atoms with Gasteiger partial charge < -0.3 is 4.42 Å². The summed E-state index contributed by atoms with van der Waals surface area (Å²) in [6.45, 7) is 0. The summed E-state index contributed by atoms with van der Waals surface area (Å²) in [4.78, 5) is 25.3. The summed E-state index contributed by atoms with van der Waals surface area (Å²) < 4.78 is 5.90. The van der Waals surface area contributed by atoms with Crippen LogP contribution in [0.4, 0.5) is 0 Å². The first kappa shape index (κ1) is 12.8. The van der Waals surface area contributed by atoms with Crippen LogP contribution in [-0.4, -0.2) is 23.0 Å². The van der Waals surface area contributed by atoms with Crippen LogP contribution in [-0.2, 0) is 9.59 Å². The standard InChI is InChI=1S/C16H13BrN2O3/c17-12-4-1-7(22-12)6-18-19-15(20)13-8-2-3-9(11-5-10(8)11)14(13)16(19)21/h1-4,6,8-11,13-14H,5H2. The number of hydrogen-bond donors (Lipinski definition) is 0. The number of furan rings is 1. The van der Waals surface area contributed by atoms with Gasteiger partial charge in [-0.25, -0.2) is 0 Å². The fourth-order valence-corrected chi connectivity index (χ4v) is 4.89. The van der Waals surface area contributed by atoms with Gasteiger partial charge in [0.05, 0.1) is 18.1 Å². The van der Waals surface area contributed by atoms with E-state index in [1.165, 1.54) is 12.6 Å². The van der Waals surface area contributed by atoms with Gasteiger partial charge in [-0.15, -0.1) is 0 Å². The van der Waals surface area contributed by atoms with Crippen LogP contribution in [0.1, 0.15) is 12.2 Å². The average Bonchev–Trinajstić information content (AvgIpc) is 3.19. The number of hydrogen-bond acceptors (Lipinski definition) is 4. The lowest BCUT2D eigenvalue weighted by molar-refractivity contribution is -0.140. The zero-order chi connectivity index (χ0) is 15.0. The molecule has 2 bridgehead atoms. The fraction of sp³-hybridized carbons (Fsp3) is 0.438. The van der Waals surface area contributed by atoms with E-state index in [1.807, 2.05) is 0 Å². The van der Waals surface area contributed by atoms with Gasteiger partial charge in [0.2, 0.25) is 0 Å². The van der Waals surface area contributed by atoms with E-state index in [1.54, 1.807) is 12.1 Å². The van der Waals surface area contributed by atoms with Gasteiger partial charge in [-0.05, 0) is 58.2 Å². The highest BCUT2D eigenvalue weighted by Crippen LogP contribution is 2.65. The molecule has 112 valence electrons. The van der Waals surface area contributed by atoms with E-state index in [-0.39, 0.29) is 35.5 Å². The summed E-state index contributed by atoms with van der Waals surface area (Å²) in [6.07, 6.45) is 6.90. The average molecular weight is 361 g/mol. The van der Waals surface area contributed by atoms with E-state index in [2.05, 4.69) is 33.2 Å². The number of carbonyl (C=O) groups excluding carboxylic acids is 2. The number of allylic oxidation sites excluding steroid dienone is 2. The molecule has 0 radical (unpaired) electrons. The van der Waals surface area contributed by atoms with Crippen molar-refractivity contribution in [2.24, 2.45) is 40.6 Å². The summed E-state index contributed by atoms with van der Waals surface area (Å²) in [5.41, 5.74) is 0. The SMILES string of the molecule is O=C1C2C3C=CC(C4CC34)C2C(=O)N1N=Cc1ccc(Br)o1. The maximum Gasteiger partial charge on any atom is 0.254 e. The third-order valence-corrected chi connectivity index (χ3v) is 5.96. The molecular formula is C16H13BrN2O3. The summed E-state index contributed by atoms with van der Waals surface area (Å²) >= 11 is 3.21. The fourth-order valence-electron chi connectivity index (χ4n) is 4.57. The minimum absolute atomic E-state index is 0.151. The molecule has 22 heavy (non-hydrogen) atoms. The van der Waals surface area contributed by atoms with Gasteiger partial charge in [0.1, 0.15) is 5.76 Å². The highest BCUT2D eigenvalue weighted by atomic mass is 79.9. The Hall–Kier alpha value is -1.69. The molecule has 2 heterocycles. The van der Waals surface area contributed by atoms with Crippen LogP contribution >= 0.6 is 15.9 Å². The number of imide groups is 1. The molecule has 2 saturated carbocycles. The van der Waals surface area contributed by atoms with E-state index < -0.39 is 0 Å². The first-order valence-electron chi connectivity index (χ1n) is 7.50. The Morgan fingerprint density at radius 2 is 1.77 bits per heavy atom. The van der Waals surface area contributed by atoms with Crippen molar-refractivity contribution in [1.29, 1.82) is 0 Å². The van der Waals surface area contributed by atoms with E-state index in [0.29, 0.717) is 22.3 Å². The van der Waals surface area contributed by atoms with Gasteiger partial charge in [0.25, 0.3) is 11.8 Å². The van der Waals surface area contributed by atoms with Gasteiger partial charge in [-0.3, -0.25) is 9.59 Å². The molecule has 6 heteroatoms. The van der Waals surface area contributed by atoms with Crippen molar-refractivity contribution >= 4 is 34.0 Å². The maximum absolute atomic E-state index is 12.6. The number of nitrogens with zero attached hydrogens (tertiary/aromatic N) is 2. The van der Waals surface area contributed by atoms with Gasteiger partial charge in [-0.2, -0.15) is 10.1 Å². The molecule has 0 spiro atoms.